The Morgan fingerprint density at radius 1 is 1.50 bits per heavy atom. The predicted octanol–water partition coefficient (Wildman–Crippen LogP) is 3.73. The minimum Gasteiger partial charge on any atom is -0.271 e. The second kappa shape index (κ2) is 4.69. The van der Waals surface area contributed by atoms with Crippen LogP contribution in [0.25, 0.3) is 0 Å². The van der Waals surface area contributed by atoms with Crippen LogP contribution in [0.15, 0.2) is 0 Å². The first kappa shape index (κ1) is 12.4. The molecule has 4 heteroatoms. The minimum absolute atomic E-state index is 0.672. The molecule has 90 valence electrons. The van der Waals surface area contributed by atoms with E-state index in [1.54, 1.807) is 0 Å². The average Bonchev–Trinajstić information content (AvgIpc) is 2.66. The van der Waals surface area contributed by atoms with Gasteiger partial charge in [-0.15, -0.1) is 0 Å². The summed E-state index contributed by atoms with van der Waals surface area (Å²) in [5, 5.41) is 5.22. The van der Waals surface area contributed by atoms with Gasteiger partial charge in [0.2, 0.25) is 0 Å². The molecule has 0 N–H and O–H groups in total. The zero-order valence-corrected chi connectivity index (χ0v) is 12.3. The normalized spacial score (nSPS) is 29.9. The van der Waals surface area contributed by atoms with E-state index in [-0.39, 0.29) is 0 Å². The number of halogens is 2. The molecule has 0 spiro atoms. The van der Waals surface area contributed by atoms with Crippen LogP contribution in [0.5, 0.6) is 0 Å². The van der Waals surface area contributed by atoms with Gasteiger partial charge < -0.3 is 0 Å². The molecule has 1 saturated carbocycles. The Hall–Kier alpha value is -0.0200. The van der Waals surface area contributed by atoms with Gasteiger partial charge in [0.15, 0.2) is 0 Å². The van der Waals surface area contributed by atoms with E-state index in [9.17, 15) is 0 Å². The highest BCUT2D eigenvalue weighted by molar-refractivity contribution is 9.09. The van der Waals surface area contributed by atoms with Crippen LogP contribution in [0.1, 0.15) is 31.2 Å². The second-order valence-corrected chi connectivity index (χ2v) is 6.44. The fourth-order valence-corrected chi connectivity index (χ4v) is 3.57. The lowest BCUT2D eigenvalue weighted by Gasteiger charge is -2.17. The number of aryl methyl sites for hydroxylation is 2. The molecule has 0 radical (unpaired) electrons. The molecule has 1 aromatic rings. The van der Waals surface area contributed by atoms with E-state index in [1.165, 1.54) is 18.5 Å². The summed E-state index contributed by atoms with van der Waals surface area (Å²) in [7, 11) is 1.99. The maximum Gasteiger partial charge on any atom is 0.0847 e. The summed E-state index contributed by atoms with van der Waals surface area (Å²) in [6.45, 7) is 4.30. The fourth-order valence-electron chi connectivity index (χ4n) is 2.63. The molecule has 1 aliphatic carbocycles. The molecule has 2 rings (SSSR count). The van der Waals surface area contributed by atoms with Gasteiger partial charge in [-0.25, -0.2) is 0 Å². The number of aromatic nitrogens is 2. The molecule has 16 heavy (non-hydrogen) atoms. The van der Waals surface area contributed by atoms with Gasteiger partial charge in [0.05, 0.1) is 16.4 Å². The number of rotatable bonds is 2. The minimum atomic E-state index is 0.672. The van der Waals surface area contributed by atoms with Crippen LogP contribution >= 0.6 is 27.5 Å². The van der Waals surface area contributed by atoms with Crippen molar-refractivity contribution in [3.05, 3.63) is 16.4 Å². The largest absolute Gasteiger partial charge is 0.271 e. The molecule has 3 atom stereocenters. The number of nitrogens with zero attached hydrogens (tertiary/aromatic N) is 2. The Bertz CT molecular complexity index is 389. The van der Waals surface area contributed by atoms with Crippen LogP contribution in [0.4, 0.5) is 0 Å². The van der Waals surface area contributed by atoms with Crippen LogP contribution in [-0.2, 0) is 13.5 Å². The molecule has 0 saturated heterocycles. The molecule has 1 fully saturated rings. The zero-order chi connectivity index (χ0) is 11.9. The summed E-state index contributed by atoms with van der Waals surface area (Å²) >= 11 is 10.0. The van der Waals surface area contributed by atoms with Crippen molar-refractivity contribution in [1.82, 2.24) is 9.78 Å². The molecule has 0 amide bonds. The summed E-state index contributed by atoms with van der Waals surface area (Å²) in [6, 6.07) is 0. The van der Waals surface area contributed by atoms with E-state index >= 15 is 0 Å². The highest BCUT2D eigenvalue weighted by Crippen LogP contribution is 2.39. The van der Waals surface area contributed by atoms with E-state index in [0.717, 1.165) is 29.0 Å². The topological polar surface area (TPSA) is 17.8 Å². The first-order chi connectivity index (χ1) is 7.50. The lowest BCUT2D eigenvalue weighted by atomic mass is 9.93. The third-order valence-corrected chi connectivity index (χ3v) is 5.63. The maximum atomic E-state index is 6.28. The van der Waals surface area contributed by atoms with Gasteiger partial charge >= 0.3 is 0 Å². The van der Waals surface area contributed by atoms with Crippen molar-refractivity contribution in [3.63, 3.8) is 0 Å². The van der Waals surface area contributed by atoms with Crippen LogP contribution in [0.2, 0.25) is 5.02 Å². The summed E-state index contributed by atoms with van der Waals surface area (Å²) in [6.07, 6.45) is 3.62. The van der Waals surface area contributed by atoms with Gasteiger partial charge in [-0.1, -0.05) is 34.5 Å². The lowest BCUT2D eigenvalue weighted by Crippen LogP contribution is -2.15. The molecule has 0 aromatic carbocycles. The first-order valence-corrected chi connectivity index (χ1v) is 7.12. The summed E-state index contributed by atoms with van der Waals surface area (Å²) in [5.41, 5.74) is 2.14. The quantitative estimate of drug-likeness (QED) is 0.761. The molecule has 3 unspecified atom stereocenters. The first-order valence-electron chi connectivity index (χ1n) is 5.82. The number of hydrogen-bond acceptors (Lipinski definition) is 1. The van der Waals surface area contributed by atoms with Crippen molar-refractivity contribution in [1.29, 1.82) is 0 Å². The van der Waals surface area contributed by atoms with Gasteiger partial charge in [0.25, 0.3) is 0 Å². The monoisotopic (exact) mass is 304 g/mol. The van der Waals surface area contributed by atoms with Crippen LogP contribution in [-0.4, -0.2) is 14.6 Å². The average molecular weight is 306 g/mol. The Labute approximate surface area is 110 Å². The van der Waals surface area contributed by atoms with Crippen LogP contribution in [0, 0.1) is 18.8 Å². The summed E-state index contributed by atoms with van der Waals surface area (Å²) in [5.74, 6) is 1.46. The Balaban J connectivity index is 2.15. The molecule has 1 aromatic heterocycles. The molecule has 1 aliphatic rings. The molecular formula is C12H18BrClN2. The van der Waals surface area contributed by atoms with Gasteiger partial charge in [-0.2, -0.15) is 5.10 Å². The van der Waals surface area contributed by atoms with E-state index in [1.807, 2.05) is 18.7 Å². The molecular weight excluding hydrogens is 288 g/mol. The molecule has 1 heterocycles. The van der Waals surface area contributed by atoms with E-state index < -0.39 is 0 Å². The van der Waals surface area contributed by atoms with Gasteiger partial charge in [0.1, 0.15) is 0 Å². The van der Waals surface area contributed by atoms with E-state index in [4.69, 9.17) is 11.6 Å². The van der Waals surface area contributed by atoms with Crippen molar-refractivity contribution in [2.75, 3.05) is 0 Å². The van der Waals surface area contributed by atoms with Crippen molar-refractivity contribution < 1.29 is 0 Å². The van der Waals surface area contributed by atoms with Crippen LogP contribution < -0.4 is 0 Å². The Morgan fingerprint density at radius 3 is 2.62 bits per heavy atom. The van der Waals surface area contributed by atoms with Crippen molar-refractivity contribution in [2.45, 2.75) is 37.9 Å². The summed E-state index contributed by atoms with van der Waals surface area (Å²) < 4.78 is 1.94. The Kier molecular flexibility index (Phi) is 3.65. The van der Waals surface area contributed by atoms with Gasteiger partial charge in [-0.3, -0.25) is 4.68 Å². The number of alkyl halides is 1. The fraction of sp³-hybridized carbons (Fsp3) is 0.750. The molecule has 2 nitrogen and oxygen atoms in total. The third kappa shape index (κ3) is 2.17. The van der Waals surface area contributed by atoms with Gasteiger partial charge in [-0.05, 0) is 38.0 Å². The smallest absolute Gasteiger partial charge is 0.0847 e. The van der Waals surface area contributed by atoms with E-state index in [2.05, 4.69) is 28.0 Å². The lowest BCUT2D eigenvalue weighted by molar-refractivity contribution is 0.413. The zero-order valence-electron chi connectivity index (χ0n) is 10.0. The standard InChI is InChI=1S/C12H18BrClN2/c1-7-9(4-5-10(7)13)6-11-12(14)8(2)15-16(11)3/h7,9-10H,4-6H2,1-3H3. The SMILES string of the molecule is Cc1nn(C)c(CC2CCC(Br)C2C)c1Cl. The maximum absolute atomic E-state index is 6.28. The predicted molar refractivity (Wildman–Crippen MR) is 71.3 cm³/mol. The van der Waals surface area contributed by atoms with Crippen LogP contribution in [0.3, 0.4) is 0 Å². The molecule has 0 bridgehead atoms. The molecule has 0 aliphatic heterocycles. The number of hydrogen-bond donors (Lipinski definition) is 0. The highest BCUT2D eigenvalue weighted by Gasteiger charge is 2.32. The van der Waals surface area contributed by atoms with Crippen molar-refractivity contribution in [3.8, 4) is 0 Å². The van der Waals surface area contributed by atoms with Crippen molar-refractivity contribution >= 4 is 27.5 Å². The van der Waals surface area contributed by atoms with E-state index in [0.29, 0.717) is 4.83 Å². The Morgan fingerprint density at radius 2 is 2.19 bits per heavy atom. The second-order valence-electron chi connectivity index (χ2n) is 4.89. The highest BCUT2D eigenvalue weighted by atomic mass is 79.9. The third-order valence-electron chi connectivity index (χ3n) is 3.84. The summed E-state index contributed by atoms with van der Waals surface area (Å²) in [4.78, 5) is 0.672. The van der Waals surface area contributed by atoms with Crippen molar-refractivity contribution in [2.24, 2.45) is 18.9 Å². The van der Waals surface area contributed by atoms with Gasteiger partial charge in [0, 0.05) is 11.9 Å².